The van der Waals surface area contributed by atoms with Crippen LogP contribution in [0.15, 0.2) is 78.9 Å². The van der Waals surface area contributed by atoms with Gasteiger partial charge in [-0.05, 0) is 48.2 Å². The molecule has 4 atom stereocenters. The van der Waals surface area contributed by atoms with Crippen LogP contribution in [-0.2, 0) is 38.6 Å². The number of likely N-dealkylation sites (tertiary alicyclic amines) is 1. The molecule has 0 aliphatic carbocycles. The van der Waals surface area contributed by atoms with Crippen molar-refractivity contribution in [2.24, 2.45) is 0 Å². The molecule has 9 nitrogen and oxygen atoms in total. The van der Waals surface area contributed by atoms with E-state index in [-0.39, 0.29) is 25.4 Å². The maximum absolute atomic E-state index is 12.7. The van der Waals surface area contributed by atoms with Crippen LogP contribution in [0.25, 0.3) is 0 Å². The number of benzene rings is 3. The van der Waals surface area contributed by atoms with Gasteiger partial charge in [-0.1, -0.05) is 85.3 Å². The second-order valence-corrected chi connectivity index (χ2v) is 11.5. The van der Waals surface area contributed by atoms with E-state index in [4.69, 9.17) is 14.2 Å². The average Bonchev–Trinajstić information content (AvgIpc) is 3.07. The molecular formula is C35H43N3O6. The van der Waals surface area contributed by atoms with Gasteiger partial charge in [-0.25, -0.2) is 9.59 Å². The second-order valence-electron chi connectivity index (χ2n) is 11.5. The molecule has 2 fully saturated rings. The van der Waals surface area contributed by atoms with E-state index in [1.54, 1.807) is 0 Å². The third-order valence-corrected chi connectivity index (χ3v) is 8.30. The van der Waals surface area contributed by atoms with E-state index < -0.39 is 24.3 Å². The van der Waals surface area contributed by atoms with Gasteiger partial charge in [0.05, 0.1) is 25.9 Å². The number of piperidine rings is 1. The number of hydrogen-bond donors (Lipinski definition) is 3. The zero-order valence-electron chi connectivity index (χ0n) is 25.3. The lowest BCUT2D eigenvalue weighted by Crippen LogP contribution is -2.47. The Morgan fingerprint density at radius 3 is 2.25 bits per heavy atom. The lowest BCUT2D eigenvalue weighted by atomic mass is 9.99. The van der Waals surface area contributed by atoms with Crippen LogP contribution in [0.4, 0.5) is 4.79 Å². The zero-order chi connectivity index (χ0) is 30.7. The van der Waals surface area contributed by atoms with Gasteiger partial charge in [0.25, 0.3) is 0 Å². The number of urea groups is 1. The normalized spacial score (nSPS) is 21.3. The molecule has 0 saturated carbocycles. The summed E-state index contributed by atoms with van der Waals surface area (Å²) in [4.78, 5) is 27.5. The number of carbonyl (C=O) groups is 2. The first-order valence-corrected chi connectivity index (χ1v) is 15.5. The largest absolute Gasteiger partial charge is 0.467 e. The number of rotatable bonds is 11. The Balaban J connectivity index is 1.20. The number of methoxy groups -OCH3 is 1. The number of nitrogens with zero attached hydrogens (tertiary/aromatic N) is 1. The van der Waals surface area contributed by atoms with E-state index in [1.165, 1.54) is 26.4 Å². The summed E-state index contributed by atoms with van der Waals surface area (Å²) in [6.45, 7) is 3.37. The van der Waals surface area contributed by atoms with Gasteiger partial charge < -0.3 is 34.9 Å². The Hall–Kier alpha value is -3.76. The summed E-state index contributed by atoms with van der Waals surface area (Å²) >= 11 is 0. The van der Waals surface area contributed by atoms with Gasteiger partial charge in [-0.2, -0.15) is 0 Å². The summed E-state index contributed by atoms with van der Waals surface area (Å²) < 4.78 is 17.9. The Morgan fingerprint density at radius 1 is 0.886 bits per heavy atom. The van der Waals surface area contributed by atoms with Crippen molar-refractivity contribution in [1.82, 2.24) is 15.5 Å². The predicted molar refractivity (Wildman–Crippen MR) is 166 cm³/mol. The van der Waals surface area contributed by atoms with Gasteiger partial charge in [0.2, 0.25) is 0 Å². The molecule has 3 aromatic carbocycles. The third-order valence-electron chi connectivity index (χ3n) is 8.30. The SMILES string of the molecule is COC(=O)[C@H](Cc1ccccc1)NC(=O)NCc1ccc([C@@H]2O[C@H](CN3CCCCC3)C[C@H](c3ccc(CO)cc3)O2)cc1. The van der Waals surface area contributed by atoms with Crippen LogP contribution in [0.1, 0.15) is 65.9 Å². The van der Waals surface area contributed by atoms with Crippen LogP contribution in [0.2, 0.25) is 0 Å². The van der Waals surface area contributed by atoms with Crippen LogP contribution >= 0.6 is 0 Å². The van der Waals surface area contributed by atoms with Crippen LogP contribution in [0.5, 0.6) is 0 Å². The summed E-state index contributed by atoms with van der Waals surface area (Å²) in [7, 11) is 1.31. The van der Waals surface area contributed by atoms with Gasteiger partial charge in [0.15, 0.2) is 6.29 Å². The molecular weight excluding hydrogens is 558 g/mol. The molecule has 5 rings (SSSR count). The van der Waals surface area contributed by atoms with Gasteiger partial charge in [-0.3, -0.25) is 0 Å². The minimum Gasteiger partial charge on any atom is -0.467 e. The number of aliphatic hydroxyl groups excluding tert-OH is 1. The first-order valence-electron chi connectivity index (χ1n) is 15.5. The number of carbonyl (C=O) groups excluding carboxylic acids is 2. The summed E-state index contributed by atoms with van der Waals surface area (Å²) in [6, 6.07) is 24.0. The van der Waals surface area contributed by atoms with Crippen molar-refractivity contribution >= 4 is 12.0 Å². The lowest BCUT2D eigenvalue weighted by molar-refractivity contribution is -0.253. The molecule has 0 radical (unpaired) electrons. The summed E-state index contributed by atoms with van der Waals surface area (Å²) in [5, 5.41) is 15.0. The molecule has 0 bridgehead atoms. The van der Waals surface area contributed by atoms with E-state index in [0.29, 0.717) is 6.42 Å². The zero-order valence-corrected chi connectivity index (χ0v) is 25.3. The fourth-order valence-corrected chi connectivity index (χ4v) is 5.83. The van der Waals surface area contributed by atoms with Crippen molar-refractivity contribution in [1.29, 1.82) is 0 Å². The molecule has 2 saturated heterocycles. The summed E-state index contributed by atoms with van der Waals surface area (Å²) in [6.07, 6.45) is 4.21. The fraction of sp³-hybridized carbons (Fsp3) is 0.429. The molecule has 2 amide bonds. The van der Waals surface area contributed by atoms with Gasteiger partial charge in [-0.15, -0.1) is 0 Å². The van der Waals surface area contributed by atoms with E-state index in [9.17, 15) is 14.7 Å². The van der Waals surface area contributed by atoms with E-state index in [1.807, 2.05) is 78.9 Å². The maximum Gasteiger partial charge on any atom is 0.328 e. The first kappa shape index (κ1) is 31.7. The highest BCUT2D eigenvalue weighted by atomic mass is 16.7. The van der Waals surface area contributed by atoms with Crippen LogP contribution in [0.3, 0.4) is 0 Å². The second kappa shape index (κ2) is 15.8. The standard InChI is InChI=1S/C35H43N3O6/c1-42-33(40)31(20-25-8-4-2-5-9-25)37-35(41)36-22-26-10-16-29(17-11-26)34-43-30(23-38-18-6-3-7-19-38)21-32(44-34)28-14-12-27(24-39)13-15-28/h2,4-5,8-17,30-32,34,39H,3,6-7,18-24H2,1H3,(H2,36,37,41)/t30-,31-,32+,34+/m0/s1. The Bertz CT molecular complexity index is 1330. The molecule has 0 spiro atoms. The molecule has 0 unspecified atom stereocenters. The van der Waals surface area contributed by atoms with Crippen molar-refractivity contribution < 1.29 is 28.9 Å². The third kappa shape index (κ3) is 8.89. The summed E-state index contributed by atoms with van der Waals surface area (Å²) in [5.74, 6) is -0.498. The number of aliphatic hydroxyl groups is 1. The molecule has 3 aromatic rings. The topological polar surface area (TPSA) is 109 Å². The minimum absolute atomic E-state index is 0.0114. The minimum atomic E-state index is -0.795. The summed E-state index contributed by atoms with van der Waals surface area (Å²) in [5.41, 5.74) is 4.68. The van der Waals surface area contributed by atoms with Gasteiger partial charge in [0.1, 0.15) is 6.04 Å². The molecule has 2 aliphatic rings. The lowest BCUT2D eigenvalue weighted by Gasteiger charge is -2.39. The number of amides is 2. The Labute approximate surface area is 259 Å². The molecule has 9 heteroatoms. The van der Waals surface area contributed by atoms with Crippen molar-refractivity contribution in [3.63, 3.8) is 0 Å². The van der Waals surface area contributed by atoms with E-state index in [0.717, 1.165) is 53.9 Å². The van der Waals surface area contributed by atoms with Crippen molar-refractivity contribution in [3.8, 4) is 0 Å². The number of nitrogens with one attached hydrogen (secondary N) is 2. The maximum atomic E-state index is 12.7. The van der Waals surface area contributed by atoms with Gasteiger partial charge >= 0.3 is 12.0 Å². The molecule has 3 N–H and O–H groups in total. The average molecular weight is 602 g/mol. The molecule has 234 valence electrons. The quantitative estimate of drug-likeness (QED) is 0.271. The van der Waals surface area contributed by atoms with Crippen LogP contribution in [-0.4, -0.2) is 60.9 Å². The monoisotopic (exact) mass is 601 g/mol. The predicted octanol–water partition coefficient (Wildman–Crippen LogP) is 4.79. The molecule has 2 aliphatic heterocycles. The Morgan fingerprint density at radius 2 is 1.57 bits per heavy atom. The molecule has 44 heavy (non-hydrogen) atoms. The molecule has 0 aromatic heterocycles. The van der Waals surface area contributed by atoms with Crippen LogP contribution < -0.4 is 10.6 Å². The van der Waals surface area contributed by atoms with E-state index >= 15 is 0 Å². The highest BCUT2D eigenvalue weighted by molar-refractivity contribution is 5.83. The number of esters is 1. The number of ether oxygens (including phenoxy) is 3. The van der Waals surface area contributed by atoms with E-state index in [2.05, 4.69) is 15.5 Å². The highest BCUT2D eigenvalue weighted by Gasteiger charge is 2.33. The number of hydrogen-bond acceptors (Lipinski definition) is 7. The van der Waals surface area contributed by atoms with Crippen molar-refractivity contribution in [2.75, 3.05) is 26.7 Å². The fourth-order valence-electron chi connectivity index (χ4n) is 5.83. The smallest absolute Gasteiger partial charge is 0.328 e. The van der Waals surface area contributed by atoms with Crippen molar-refractivity contribution in [2.45, 2.75) is 69.8 Å². The van der Waals surface area contributed by atoms with Crippen molar-refractivity contribution in [3.05, 3.63) is 107 Å². The van der Waals surface area contributed by atoms with Gasteiger partial charge in [0, 0.05) is 31.5 Å². The Kier molecular flexibility index (Phi) is 11.4. The molecule has 2 heterocycles. The van der Waals surface area contributed by atoms with Crippen LogP contribution in [0, 0.1) is 0 Å². The highest BCUT2D eigenvalue weighted by Crippen LogP contribution is 2.38. The first-order chi connectivity index (χ1) is 21.5.